The Morgan fingerprint density at radius 3 is 2.15 bits per heavy atom. The smallest absolute Gasteiger partial charge is 0.257 e. The van der Waals surface area contributed by atoms with E-state index in [-0.39, 0.29) is 11.8 Å². The van der Waals surface area contributed by atoms with Crippen molar-refractivity contribution in [1.29, 1.82) is 0 Å². The van der Waals surface area contributed by atoms with Crippen LogP contribution in [0.2, 0.25) is 0 Å². The first kappa shape index (κ1) is 17.4. The van der Waals surface area contributed by atoms with Gasteiger partial charge < -0.3 is 10.6 Å². The summed E-state index contributed by atoms with van der Waals surface area (Å²) in [6.45, 7) is 2.03. The van der Waals surface area contributed by atoms with Gasteiger partial charge in [0, 0.05) is 23.8 Å². The van der Waals surface area contributed by atoms with Crippen LogP contribution >= 0.6 is 0 Å². The number of aryl methyl sites for hydroxylation is 1. The van der Waals surface area contributed by atoms with Gasteiger partial charge in [0.05, 0.1) is 11.1 Å². The van der Waals surface area contributed by atoms with E-state index in [2.05, 4.69) is 15.6 Å². The van der Waals surface area contributed by atoms with Crippen molar-refractivity contribution < 1.29 is 9.59 Å². The molecule has 26 heavy (non-hydrogen) atoms. The van der Waals surface area contributed by atoms with Gasteiger partial charge in [-0.15, -0.1) is 0 Å². The highest BCUT2D eigenvalue weighted by Crippen LogP contribution is 2.17. The highest BCUT2D eigenvalue weighted by Gasteiger charge is 2.13. The molecule has 0 spiro atoms. The Morgan fingerprint density at radius 1 is 0.846 bits per heavy atom. The number of nitrogens with zero attached hydrogens (tertiary/aromatic N) is 1. The molecular weight excluding hydrogens is 326 g/mol. The van der Waals surface area contributed by atoms with Crippen molar-refractivity contribution in [2.24, 2.45) is 0 Å². The molecule has 0 saturated carbocycles. The highest BCUT2D eigenvalue weighted by molar-refractivity contribution is 6.08. The van der Waals surface area contributed by atoms with Crippen LogP contribution in [-0.4, -0.2) is 16.8 Å². The molecule has 5 heteroatoms. The number of carbonyl (C=O) groups is 2. The van der Waals surface area contributed by atoms with Gasteiger partial charge >= 0.3 is 0 Å². The third kappa shape index (κ3) is 4.13. The average Bonchev–Trinajstić information content (AvgIpc) is 2.69. The zero-order chi connectivity index (χ0) is 18.4. The first-order chi connectivity index (χ1) is 12.7. The second-order valence-corrected chi connectivity index (χ2v) is 5.75. The zero-order valence-electron chi connectivity index (χ0n) is 14.4. The lowest BCUT2D eigenvalue weighted by molar-refractivity contribution is 0.102. The Bertz CT molecular complexity index is 923. The van der Waals surface area contributed by atoms with Crippen LogP contribution < -0.4 is 10.6 Å². The zero-order valence-corrected chi connectivity index (χ0v) is 14.4. The molecule has 3 rings (SSSR count). The topological polar surface area (TPSA) is 71.1 Å². The molecule has 5 nitrogen and oxygen atoms in total. The fourth-order valence-corrected chi connectivity index (χ4v) is 2.56. The molecule has 0 bridgehead atoms. The summed E-state index contributed by atoms with van der Waals surface area (Å²) in [4.78, 5) is 28.9. The number of amides is 2. The Labute approximate surface area is 152 Å². The number of para-hydroxylation sites is 2. The molecule has 1 aromatic heterocycles. The molecule has 1 heterocycles. The summed E-state index contributed by atoms with van der Waals surface area (Å²) in [5.74, 6) is -0.611. The van der Waals surface area contributed by atoms with Crippen molar-refractivity contribution in [3.05, 3.63) is 89.7 Å². The van der Waals surface area contributed by atoms with Crippen LogP contribution in [0.25, 0.3) is 0 Å². The lowest BCUT2D eigenvalue weighted by Crippen LogP contribution is -2.16. The largest absolute Gasteiger partial charge is 0.322 e. The van der Waals surface area contributed by atoms with Crippen molar-refractivity contribution in [1.82, 2.24) is 4.98 Å². The van der Waals surface area contributed by atoms with Crippen molar-refractivity contribution >= 4 is 23.2 Å². The summed E-state index contributed by atoms with van der Waals surface area (Å²) in [5.41, 5.74) is 3.15. The van der Waals surface area contributed by atoms with Crippen molar-refractivity contribution in [2.45, 2.75) is 13.3 Å². The lowest BCUT2D eigenvalue weighted by atomic mass is 10.1. The number of aromatic nitrogens is 1. The molecule has 2 amide bonds. The second kappa shape index (κ2) is 8.07. The highest BCUT2D eigenvalue weighted by atomic mass is 16.2. The summed E-state index contributed by atoms with van der Waals surface area (Å²) >= 11 is 0. The van der Waals surface area contributed by atoms with Gasteiger partial charge in [0.2, 0.25) is 0 Å². The molecule has 130 valence electrons. The normalized spacial score (nSPS) is 10.2. The predicted molar refractivity (Wildman–Crippen MR) is 102 cm³/mol. The monoisotopic (exact) mass is 345 g/mol. The minimum atomic E-state index is -0.313. The fraction of sp³-hybridized carbons (Fsp3) is 0.0952. The van der Waals surface area contributed by atoms with Gasteiger partial charge in [-0.2, -0.15) is 0 Å². The molecule has 0 fully saturated rings. The molecule has 0 atom stereocenters. The first-order valence-corrected chi connectivity index (χ1v) is 8.38. The molecule has 0 aliphatic carbocycles. The third-order valence-corrected chi connectivity index (χ3v) is 3.94. The van der Waals surface area contributed by atoms with Gasteiger partial charge in [-0.25, -0.2) is 0 Å². The number of rotatable bonds is 5. The van der Waals surface area contributed by atoms with E-state index in [9.17, 15) is 9.59 Å². The van der Waals surface area contributed by atoms with E-state index in [0.29, 0.717) is 16.8 Å². The molecular formula is C21H19N3O2. The van der Waals surface area contributed by atoms with Crippen molar-refractivity contribution in [3.63, 3.8) is 0 Å². The second-order valence-electron chi connectivity index (χ2n) is 5.75. The first-order valence-electron chi connectivity index (χ1n) is 8.38. The number of carbonyl (C=O) groups excluding carboxylic acids is 2. The van der Waals surface area contributed by atoms with Crippen LogP contribution in [0.3, 0.4) is 0 Å². The number of pyridine rings is 1. The van der Waals surface area contributed by atoms with E-state index in [1.165, 1.54) is 18.5 Å². The maximum Gasteiger partial charge on any atom is 0.257 e. The molecule has 0 radical (unpaired) electrons. The lowest BCUT2D eigenvalue weighted by Gasteiger charge is -2.10. The van der Waals surface area contributed by atoms with Gasteiger partial charge in [-0.05, 0) is 36.2 Å². The average molecular weight is 345 g/mol. The molecule has 2 aromatic carbocycles. The van der Waals surface area contributed by atoms with Crippen LogP contribution in [0, 0.1) is 0 Å². The summed E-state index contributed by atoms with van der Waals surface area (Å²) < 4.78 is 0. The molecule has 0 aliphatic heterocycles. The molecule has 0 saturated heterocycles. The number of hydrogen-bond donors (Lipinski definition) is 2. The van der Waals surface area contributed by atoms with E-state index in [1.807, 2.05) is 49.4 Å². The molecule has 2 N–H and O–H groups in total. The van der Waals surface area contributed by atoms with Crippen LogP contribution in [0.15, 0.2) is 73.1 Å². The quantitative estimate of drug-likeness (QED) is 0.730. The fourth-order valence-electron chi connectivity index (χ4n) is 2.56. The van der Waals surface area contributed by atoms with Crippen LogP contribution in [0.5, 0.6) is 0 Å². The van der Waals surface area contributed by atoms with E-state index in [4.69, 9.17) is 0 Å². The summed E-state index contributed by atoms with van der Waals surface area (Å²) in [6, 6.07) is 18.3. The summed E-state index contributed by atoms with van der Waals surface area (Å²) in [7, 11) is 0. The molecule has 0 aliphatic rings. The maximum atomic E-state index is 12.5. The number of benzene rings is 2. The minimum Gasteiger partial charge on any atom is -0.322 e. The predicted octanol–water partition coefficient (Wildman–Crippen LogP) is 4.15. The standard InChI is InChI=1S/C21H19N3O2/c1-2-15-8-6-7-11-19(15)24-21(26)17-12-16(13-22-14-17)20(25)23-18-9-4-3-5-10-18/h3-14H,2H2,1H3,(H,23,25)(H,24,26). The summed E-state index contributed by atoms with van der Waals surface area (Å²) in [5, 5.41) is 5.66. The number of anilines is 2. The minimum absolute atomic E-state index is 0.298. The van der Waals surface area contributed by atoms with Crippen LogP contribution in [-0.2, 0) is 6.42 Å². The van der Waals surface area contributed by atoms with Crippen molar-refractivity contribution in [2.75, 3.05) is 10.6 Å². The van der Waals surface area contributed by atoms with Crippen LogP contribution in [0.4, 0.5) is 11.4 Å². The van der Waals surface area contributed by atoms with Gasteiger partial charge in [0.25, 0.3) is 11.8 Å². The summed E-state index contributed by atoms with van der Waals surface area (Å²) in [6.07, 6.45) is 3.70. The Morgan fingerprint density at radius 2 is 1.46 bits per heavy atom. The van der Waals surface area contributed by atoms with E-state index in [1.54, 1.807) is 12.1 Å². The van der Waals surface area contributed by atoms with Gasteiger partial charge in [-0.3, -0.25) is 14.6 Å². The Hall–Kier alpha value is -3.47. The number of nitrogens with one attached hydrogen (secondary N) is 2. The van der Waals surface area contributed by atoms with Gasteiger partial charge in [0.15, 0.2) is 0 Å². The SMILES string of the molecule is CCc1ccccc1NC(=O)c1cncc(C(=O)Nc2ccccc2)c1. The Kier molecular flexibility index (Phi) is 5.39. The van der Waals surface area contributed by atoms with E-state index < -0.39 is 0 Å². The third-order valence-electron chi connectivity index (χ3n) is 3.94. The van der Waals surface area contributed by atoms with Gasteiger partial charge in [-0.1, -0.05) is 43.3 Å². The molecule has 3 aromatic rings. The number of hydrogen-bond acceptors (Lipinski definition) is 3. The van der Waals surface area contributed by atoms with E-state index in [0.717, 1.165) is 17.7 Å². The Balaban J connectivity index is 1.76. The van der Waals surface area contributed by atoms with E-state index >= 15 is 0 Å². The van der Waals surface area contributed by atoms with Crippen molar-refractivity contribution in [3.8, 4) is 0 Å². The van der Waals surface area contributed by atoms with Gasteiger partial charge in [0.1, 0.15) is 0 Å². The maximum absolute atomic E-state index is 12.5. The molecule has 0 unspecified atom stereocenters. The van der Waals surface area contributed by atoms with Crippen LogP contribution in [0.1, 0.15) is 33.2 Å².